The minimum Gasteiger partial charge on any atom is -0.361 e. The van der Waals surface area contributed by atoms with Crippen molar-refractivity contribution < 1.29 is 9.53 Å². The molecule has 0 saturated heterocycles. The van der Waals surface area contributed by atoms with Crippen molar-refractivity contribution in [3.63, 3.8) is 0 Å². The Morgan fingerprint density at radius 1 is 1.26 bits per heavy atom. The molecule has 0 fully saturated rings. The summed E-state index contributed by atoms with van der Waals surface area (Å²) in [6, 6.07) is 8.94. The Kier molecular flexibility index (Phi) is 4.22. The van der Waals surface area contributed by atoms with Crippen molar-refractivity contribution in [2.24, 2.45) is 0 Å². The first kappa shape index (κ1) is 14.0. The van der Waals surface area contributed by atoms with E-state index in [9.17, 15) is 4.79 Å². The summed E-state index contributed by atoms with van der Waals surface area (Å²) in [7, 11) is -1.04. The number of hydrogen-bond donors (Lipinski definition) is 0. The van der Waals surface area contributed by atoms with Gasteiger partial charge in [-0.25, -0.2) is 0 Å². The smallest absolute Gasteiger partial charge is 0.152 e. The molecule has 2 rings (SSSR count). The number of aldehydes is 1. The Hall–Kier alpha value is -1.39. The first-order chi connectivity index (χ1) is 9.01. The number of ether oxygens (including phenoxy) is 1. The molecule has 1 aromatic heterocycles. The van der Waals surface area contributed by atoms with E-state index in [0.29, 0.717) is 6.73 Å². The zero-order valence-corrected chi connectivity index (χ0v) is 12.8. The highest BCUT2D eigenvalue weighted by molar-refractivity contribution is 6.76. The number of rotatable bonds is 6. The van der Waals surface area contributed by atoms with E-state index in [-0.39, 0.29) is 0 Å². The van der Waals surface area contributed by atoms with Gasteiger partial charge in [0.05, 0.1) is 5.52 Å². The van der Waals surface area contributed by atoms with Gasteiger partial charge in [-0.2, -0.15) is 0 Å². The molecular formula is C15H21NO2Si. The topological polar surface area (TPSA) is 31.2 Å². The average Bonchev–Trinajstić information content (AvgIpc) is 2.77. The second kappa shape index (κ2) is 5.71. The Morgan fingerprint density at radius 3 is 2.74 bits per heavy atom. The third kappa shape index (κ3) is 3.55. The Morgan fingerprint density at radius 2 is 2.05 bits per heavy atom. The second-order valence-corrected chi connectivity index (χ2v) is 11.7. The molecule has 1 aromatic carbocycles. The third-order valence-corrected chi connectivity index (χ3v) is 4.88. The number of carbonyl (C=O) groups is 1. The van der Waals surface area contributed by atoms with Gasteiger partial charge in [-0.05, 0) is 18.2 Å². The van der Waals surface area contributed by atoms with Crippen molar-refractivity contribution in [1.82, 2.24) is 4.57 Å². The van der Waals surface area contributed by atoms with E-state index >= 15 is 0 Å². The van der Waals surface area contributed by atoms with E-state index in [0.717, 1.165) is 35.4 Å². The molecule has 0 amide bonds. The predicted octanol–water partition coefficient (Wildman–Crippen LogP) is 3.77. The molecular weight excluding hydrogens is 254 g/mol. The molecule has 102 valence electrons. The molecule has 0 saturated carbocycles. The van der Waals surface area contributed by atoms with E-state index in [1.807, 2.05) is 35.0 Å². The zero-order chi connectivity index (χ0) is 13.9. The van der Waals surface area contributed by atoms with Crippen molar-refractivity contribution in [2.75, 3.05) is 6.61 Å². The molecule has 0 radical (unpaired) electrons. The van der Waals surface area contributed by atoms with Crippen molar-refractivity contribution in [2.45, 2.75) is 32.4 Å². The summed E-state index contributed by atoms with van der Waals surface area (Å²) in [5.41, 5.74) is 1.68. The Balaban J connectivity index is 2.07. The average molecular weight is 275 g/mol. The minimum absolute atomic E-state index is 0.513. The maximum absolute atomic E-state index is 11.1. The maximum Gasteiger partial charge on any atom is 0.152 e. The van der Waals surface area contributed by atoms with Crippen LogP contribution in [0.2, 0.25) is 25.7 Å². The van der Waals surface area contributed by atoms with Crippen LogP contribution in [0.4, 0.5) is 0 Å². The SMILES string of the molecule is C[Si](C)(C)CCOCn1ccc2cccc(C=O)c21. The standard InChI is InChI=1S/C15H21NO2Si/c1-19(2,3)10-9-18-12-16-8-7-13-5-4-6-14(11-17)15(13)16/h4-8,11H,9-10,12H2,1-3H3. The number of fused-ring (bicyclic) bond motifs is 1. The van der Waals surface area contributed by atoms with Crippen LogP contribution in [0.3, 0.4) is 0 Å². The second-order valence-electron chi connectivity index (χ2n) is 6.04. The van der Waals surface area contributed by atoms with Gasteiger partial charge in [0.25, 0.3) is 0 Å². The van der Waals surface area contributed by atoms with E-state index < -0.39 is 8.07 Å². The van der Waals surface area contributed by atoms with E-state index in [4.69, 9.17) is 4.74 Å². The summed E-state index contributed by atoms with van der Waals surface area (Å²) in [5.74, 6) is 0. The zero-order valence-electron chi connectivity index (χ0n) is 11.8. The van der Waals surface area contributed by atoms with Crippen LogP contribution in [0, 0.1) is 0 Å². The van der Waals surface area contributed by atoms with Gasteiger partial charge >= 0.3 is 0 Å². The Bertz CT molecular complexity index is 569. The van der Waals surface area contributed by atoms with Gasteiger partial charge in [-0.15, -0.1) is 0 Å². The normalized spacial score (nSPS) is 11.9. The molecule has 0 N–H and O–H groups in total. The van der Waals surface area contributed by atoms with Gasteiger partial charge in [0.2, 0.25) is 0 Å². The highest BCUT2D eigenvalue weighted by Gasteiger charge is 2.12. The van der Waals surface area contributed by atoms with Crippen molar-refractivity contribution in [1.29, 1.82) is 0 Å². The predicted molar refractivity (Wildman–Crippen MR) is 81.4 cm³/mol. The molecule has 0 bridgehead atoms. The number of nitrogens with zero attached hydrogens (tertiary/aromatic N) is 1. The van der Waals surface area contributed by atoms with Crippen LogP contribution in [0.1, 0.15) is 10.4 Å². The van der Waals surface area contributed by atoms with Crippen LogP contribution in [0.15, 0.2) is 30.5 Å². The summed E-state index contributed by atoms with van der Waals surface area (Å²) >= 11 is 0. The summed E-state index contributed by atoms with van der Waals surface area (Å²) < 4.78 is 7.75. The van der Waals surface area contributed by atoms with Crippen LogP contribution in [0.5, 0.6) is 0 Å². The number of carbonyl (C=O) groups excluding carboxylic acids is 1. The molecule has 0 aliphatic rings. The van der Waals surface area contributed by atoms with Gasteiger partial charge in [0, 0.05) is 31.8 Å². The van der Waals surface area contributed by atoms with Crippen molar-refractivity contribution in [3.05, 3.63) is 36.0 Å². The maximum atomic E-state index is 11.1. The van der Waals surface area contributed by atoms with Crippen molar-refractivity contribution >= 4 is 25.3 Å². The fourth-order valence-corrected chi connectivity index (χ4v) is 2.79. The summed E-state index contributed by atoms with van der Waals surface area (Å²) in [6.07, 6.45) is 2.88. The van der Waals surface area contributed by atoms with Gasteiger partial charge in [0.1, 0.15) is 6.73 Å². The number of benzene rings is 1. The van der Waals surface area contributed by atoms with Gasteiger partial charge in [0.15, 0.2) is 6.29 Å². The van der Waals surface area contributed by atoms with Crippen LogP contribution in [0.25, 0.3) is 10.9 Å². The van der Waals surface area contributed by atoms with Crippen LogP contribution in [-0.4, -0.2) is 25.5 Å². The molecule has 3 nitrogen and oxygen atoms in total. The van der Waals surface area contributed by atoms with Gasteiger partial charge < -0.3 is 9.30 Å². The number of aromatic nitrogens is 1. The molecule has 2 aromatic rings. The lowest BCUT2D eigenvalue weighted by Gasteiger charge is -2.16. The first-order valence-electron chi connectivity index (χ1n) is 6.62. The molecule has 0 aliphatic carbocycles. The lowest BCUT2D eigenvalue weighted by Crippen LogP contribution is -2.22. The molecule has 1 heterocycles. The molecule has 0 spiro atoms. The monoisotopic (exact) mass is 275 g/mol. The fourth-order valence-electron chi connectivity index (χ4n) is 2.03. The first-order valence-corrected chi connectivity index (χ1v) is 10.3. The van der Waals surface area contributed by atoms with E-state index in [1.54, 1.807) is 0 Å². The van der Waals surface area contributed by atoms with Crippen LogP contribution < -0.4 is 0 Å². The summed E-state index contributed by atoms with van der Waals surface area (Å²) in [5, 5.41) is 1.08. The van der Waals surface area contributed by atoms with Gasteiger partial charge in [-0.1, -0.05) is 31.8 Å². The van der Waals surface area contributed by atoms with Crippen molar-refractivity contribution in [3.8, 4) is 0 Å². The summed E-state index contributed by atoms with van der Waals surface area (Å²) in [6.45, 7) is 8.32. The lowest BCUT2D eigenvalue weighted by atomic mass is 10.1. The van der Waals surface area contributed by atoms with Crippen LogP contribution in [-0.2, 0) is 11.5 Å². The molecule has 0 unspecified atom stereocenters. The Labute approximate surface area is 115 Å². The quantitative estimate of drug-likeness (QED) is 0.456. The van der Waals surface area contributed by atoms with E-state index in [2.05, 4.69) is 19.6 Å². The number of hydrogen-bond acceptors (Lipinski definition) is 2. The lowest BCUT2D eigenvalue weighted by molar-refractivity contribution is 0.0901. The van der Waals surface area contributed by atoms with Crippen LogP contribution >= 0.6 is 0 Å². The minimum atomic E-state index is -1.04. The van der Waals surface area contributed by atoms with E-state index in [1.165, 1.54) is 0 Å². The summed E-state index contributed by atoms with van der Waals surface area (Å²) in [4.78, 5) is 11.1. The highest BCUT2D eigenvalue weighted by atomic mass is 28.3. The molecule has 0 aliphatic heterocycles. The largest absolute Gasteiger partial charge is 0.361 e. The fraction of sp³-hybridized carbons (Fsp3) is 0.400. The number of para-hydroxylation sites is 1. The molecule has 4 heteroatoms. The molecule has 19 heavy (non-hydrogen) atoms. The molecule has 0 atom stereocenters. The van der Waals surface area contributed by atoms with Gasteiger partial charge in [-0.3, -0.25) is 4.79 Å². The third-order valence-electron chi connectivity index (χ3n) is 3.17. The highest BCUT2D eigenvalue weighted by Crippen LogP contribution is 2.19.